The van der Waals surface area contributed by atoms with Crippen LogP contribution >= 0.6 is 0 Å². The van der Waals surface area contributed by atoms with Crippen LogP contribution in [0.3, 0.4) is 0 Å². The lowest BCUT2D eigenvalue weighted by Gasteiger charge is -2.21. The van der Waals surface area contributed by atoms with Crippen molar-refractivity contribution in [1.82, 2.24) is 24.9 Å². The van der Waals surface area contributed by atoms with E-state index in [-0.39, 0.29) is 5.95 Å². The number of aromatic nitrogens is 5. The van der Waals surface area contributed by atoms with Crippen molar-refractivity contribution in [3.05, 3.63) is 53.0 Å². The Morgan fingerprint density at radius 3 is 2.71 bits per heavy atom. The lowest BCUT2D eigenvalue weighted by Crippen LogP contribution is -2.28. The first kappa shape index (κ1) is 20.6. The molecule has 0 radical (unpaired) electrons. The fraction of sp³-hybridized carbons (Fsp3) is 0.333. The van der Waals surface area contributed by atoms with Gasteiger partial charge in [0.25, 0.3) is 0 Å². The minimum Gasteiger partial charge on any atom is -0.496 e. The molecule has 5 N–H and O–H groups in total. The third kappa shape index (κ3) is 4.29. The van der Waals surface area contributed by atoms with Crippen LogP contribution in [-0.2, 0) is 18.6 Å². The van der Waals surface area contributed by atoms with E-state index in [1.807, 2.05) is 49.7 Å². The lowest BCUT2D eigenvalue weighted by molar-refractivity contribution is 0.391. The molecule has 0 aliphatic carbocycles. The highest BCUT2D eigenvalue weighted by molar-refractivity contribution is 5.86. The summed E-state index contributed by atoms with van der Waals surface area (Å²) < 4.78 is 12.6. The Labute approximate surface area is 179 Å². The van der Waals surface area contributed by atoms with E-state index in [1.165, 1.54) is 0 Å². The second-order valence-electron chi connectivity index (χ2n) is 8.00. The standard InChI is InChI=1S/C21H26N8O2/c1-12-7-15(28-31-12)9-24-19-18-16(26-20(22)27-19)10-25-29(18)11-13-5-6-14(21(2,3)23)8-17(13)30-4/h5-8,10H,9,11,23H2,1-4H3,(H3,22,24,26,27). The highest BCUT2D eigenvalue weighted by atomic mass is 16.5. The maximum absolute atomic E-state index is 6.24. The zero-order valence-electron chi connectivity index (χ0n) is 18.0. The molecule has 0 unspecified atom stereocenters. The first-order valence-electron chi connectivity index (χ1n) is 9.86. The molecule has 162 valence electrons. The third-order valence-corrected chi connectivity index (χ3v) is 4.97. The van der Waals surface area contributed by atoms with E-state index < -0.39 is 5.54 Å². The van der Waals surface area contributed by atoms with Crippen LogP contribution in [0.15, 0.2) is 35.0 Å². The number of nitrogens with zero attached hydrogens (tertiary/aromatic N) is 5. The van der Waals surface area contributed by atoms with Gasteiger partial charge in [-0.25, -0.2) is 4.98 Å². The van der Waals surface area contributed by atoms with Gasteiger partial charge in [0.05, 0.1) is 26.4 Å². The number of nitrogens with one attached hydrogen (secondary N) is 1. The molecule has 0 bridgehead atoms. The predicted molar refractivity (Wildman–Crippen MR) is 118 cm³/mol. The maximum atomic E-state index is 6.24. The topological polar surface area (TPSA) is 143 Å². The first-order valence-corrected chi connectivity index (χ1v) is 9.86. The summed E-state index contributed by atoms with van der Waals surface area (Å²) in [6, 6.07) is 7.82. The fourth-order valence-corrected chi connectivity index (χ4v) is 3.37. The largest absolute Gasteiger partial charge is 0.496 e. The smallest absolute Gasteiger partial charge is 0.222 e. The molecular weight excluding hydrogens is 396 g/mol. The van der Waals surface area contributed by atoms with E-state index in [0.29, 0.717) is 24.4 Å². The molecule has 10 heteroatoms. The Morgan fingerprint density at radius 1 is 1.23 bits per heavy atom. The number of hydrogen-bond donors (Lipinski definition) is 3. The molecule has 3 heterocycles. The van der Waals surface area contributed by atoms with Crippen molar-refractivity contribution in [1.29, 1.82) is 0 Å². The van der Waals surface area contributed by atoms with E-state index in [9.17, 15) is 0 Å². The van der Waals surface area contributed by atoms with Gasteiger partial charge in [0.1, 0.15) is 28.2 Å². The van der Waals surface area contributed by atoms with Gasteiger partial charge in [-0.2, -0.15) is 10.1 Å². The maximum Gasteiger partial charge on any atom is 0.222 e. The van der Waals surface area contributed by atoms with Gasteiger partial charge in [-0.15, -0.1) is 0 Å². The molecule has 1 aromatic carbocycles. The van der Waals surface area contributed by atoms with Crippen LogP contribution in [0.25, 0.3) is 11.0 Å². The predicted octanol–water partition coefficient (Wildman–Crippen LogP) is 2.57. The number of benzene rings is 1. The van der Waals surface area contributed by atoms with Gasteiger partial charge in [0.15, 0.2) is 5.82 Å². The molecule has 0 saturated heterocycles. The molecule has 4 aromatic rings. The van der Waals surface area contributed by atoms with Gasteiger partial charge in [-0.05, 0) is 32.4 Å². The summed E-state index contributed by atoms with van der Waals surface area (Å²) in [5.41, 5.74) is 15.7. The van der Waals surface area contributed by atoms with Crippen molar-refractivity contribution in [3.63, 3.8) is 0 Å². The second kappa shape index (κ2) is 7.88. The molecule has 0 fully saturated rings. The number of fused-ring (bicyclic) bond motifs is 1. The van der Waals surface area contributed by atoms with Crippen LogP contribution in [0.2, 0.25) is 0 Å². The summed E-state index contributed by atoms with van der Waals surface area (Å²) in [4.78, 5) is 8.68. The molecule has 10 nitrogen and oxygen atoms in total. The Bertz CT molecular complexity index is 1220. The molecule has 0 atom stereocenters. The van der Waals surface area contributed by atoms with E-state index in [1.54, 1.807) is 13.3 Å². The van der Waals surface area contributed by atoms with Gasteiger partial charge in [0.2, 0.25) is 5.95 Å². The highest BCUT2D eigenvalue weighted by Crippen LogP contribution is 2.28. The summed E-state index contributed by atoms with van der Waals surface area (Å²) in [7, 11) is 1.64. The molecule has 0 aliphatic heterocycles. The Morgan fingerprint density at radius 2 is 2.03 bits per heavy atom. The van der Waals surface area contributed by atoms with E-state index in [2.05, 4.69) is 25.5 Å². The number of nitrogen functional groups attached to an aromatic ring is 1. The van der Waals surface area contributed by atoms with Gasteiger partial charge in [0, 0.05) is 17.2 Å². The fourth-order valence-electron chi connectivity index (χ4n) is 3.37. The number of nitrogens with two attached hydrogens (primary N) is 2. The average Bonchev–Trinajstić information content (AvgIpc) is 3.31. The molecule has 0 amide bonds. The minimum atomic E-state index is -0.466. The molecule has 0 spiro atoms. The Balaban J connectivity index is 1.68. The molecule has 0 saturated carbocycles. The number of aryl methyl sites for hydroxylation is 1. The zero-order chi connectivity index (χ0) is 22.2. The van der Waals surface area contributed by atoms with Crippen LogP contribution in [0.1, 0.15) is 36.4 Å². The zero-order valence-corrected chi connectivity index (χ0v) is 18.0. The van der Waals surface area contributed by atoms with Gasteiger partial charge in [-0.3, -0.25) is 4.68 Å². The van der Waals surface area contributed by atoms with Crippen LogP contribution in [0.5, 0.6) is 5.75 Å². The van der Waals surface area contributed by atoms with E-state index >= 15 is 0 Å². The summed E-state index contributed by atoms with van der Waals surface area (Å²) in [6.07, 6.45) is 1.67. The minimum absolute atomic E-state index is 0.165. The monoisotopic (exact) mass is 422 g/mol. The van der Waals surface area contributed by atoms with Crippen molar-refractivity contribution in [2.24, 2.45) is 5.73 Å². The van der Waals surface area contributed by atoms with E-state index in [0.717, 1.165) is 33.8 Å². The molecule has 4 rings (SSSR count). The van der Waals surface area contributed by atoms with Crippen molar-refractivity contribution < 1.29 is 9.26 Å². The summed E-state index contributed by atoms with van der Waals surface area (Å²) in [5.74, 6) is 2.21. The number of hydrogen-bond acceptors (Lipinski definition) is 9. The third-order valence-electron chi connectivity index (χ3n) is 4.97. The van der Waals surface area contributed by atoms with E-state index in [4.69, 9.17) is 20.7 Å². The quantitative estimate of drug-likeness (QED) is 0.409. The normalized spacial score (nSPS) is 11.8. The second-order valence-corrected chi connectivity index (χ2v) is 8.00. The average molecular weight is 422 g/mol. The summed E-state index contributed by atoms with van der Waals surface area (Å²) >= 11 is 0. The van der Waals surface area contributed by atoms with Crippen molar-refractivity contribution in [2.75, 3.05) is 18.2 Å². The summed E-state index contributed by atoms with van der Waals surface area (Å²) in [5, 5.41) is 11.8. The van der Waals surface area contributed by atoms with Gasteiger partial charge >= 0.3 is 0 Å². The Hall–Kier alpha value is -3.66. The number of anilines is 2. The van der Waals surface area contributed by atoms with Gasteiger partial charge < -0.3 is 26.0 Å². The van der Waals surface area contributed by atoms with Crippen LogP contribution in [0, 0.1) is 6.92 Å². The molecule has 31 heavy (non-hydrogen) atoms. The molecule has 3 aromatic heterocycles. The first-order chi connectivity index (χ1) is 14.7. The van der Waals surface area contributed by atoms with Crippen molar-refractivity contribution in [3.8, 4) is 5.75 Å². The van der Waals surface area contributed by atoms with Crippen LogP contribution in [-0.4, -0.2) is 32.0 Å². The van der Waals surface area contributed by atoms with Crippen molar-refractivity contribution >= 4 is 22.8 Å². The number of methoxy groups -OCH3 is 1. The highest BCUT2D eigenvalue weighted by Gasteiger charge is 2.18. The number of rotatable bonds is 7. The molecular formula is C21H26N8O2. The SMILES string of the molecule is COc1cc(C(C)(C)N)ccc1Cn1ncc2nc(N)nc(NCc3cc(C)on3)c21. The van der Waals surface area contributed by atoms with Crippen LogP contribution in [0.4, 0.5) is 11.8 Å². The van der Waals surface area contributed by atoms with Gasteiger partial charge in [-0.1, -0.05) is 17.3 Å². The lowest BCUT2D eigenvalue weighted by atomic mass is 9.94. The Kier molecular flexibility index (Phi) is 5.24. The van der Waals surface area contributed by atoms with Crippen LogP contribution < -0.4 is 21.5 Å². The number of ether oxygens (including phenoxy) is 1. The van der Waals surface area contributed by atoms with Crippen molar-refractivity contribution in [2.45, 2.75) is 39.4 Å². The summed E-state index contributed by atoms with van der Waals surface area (Å²) in [6.45, 7) is 6.65. The molecule has 0 aliphatic rings.